The van der Waals surface area contributed by atoms with E-state index in [4.69, 9.17) is 17.7 Å². The highest BCUT2D eigenvalue weighted by Crippen LogP contribution is 2.24. The maximum Gasteiger partial charge on any atom is 0.322 e. The van der Waals surface area contributed by atoms with Gasteiger partial charge in [-0.25, -0.2) is 0 Å². The second-order valence-electron chi connectivity index (χ2n) is 3.90. The van der Waals surface area contributed by atoms with Crippen molar-refractivity contribution in [2.24, 2.45) is 0 Å². The Labute approximate surface area is 135 Å². The third kappa shape index (κ3) is 12.7. The van der Waals surface area contributed by atoms with Gasteiger partial charge in [-0.05, 0) is 39.8 Å². The van der Waals surface area contributed by atoms with Crippen LogP contribution >= 0.6 is 21.6 Å². The molecule has 0 saturated carbocycles. The molecule has 0 atom stereocenters. The van der Waals surface area contributed by atoms with E-state index in [1.165, 1.54) is 0 Å². The van der Waals surface area contributed by atoms with Crippen molar-refractivity contribution in [1.29, 1.82) is 0 Å². The Bertz CT molecular complexity index is 172. The molecule has 0 fully saturated rings. The summed E-state index contributed by atoms with van der Waals surface area (Å²) in [5.41, 5.74) is 0. The van der Waals surface area contributed by atoms with Crippen molar-refractivity contribution in [2.45, 2.75) is 39.8 Å². The van der Waals surface area contributed by atoms with Crippen LogP contribution in [0.4, 0.5) is 0 Å². The lowest BCUT2D eigenvalue weighted by molar-refractivity contribution is 0.214. The highest BCUT2D eigenvalue weighted by molar-refractivity contribution is 8.76. The number of rotatable bonds is 15. The minimum absolute atomic E-state index is 0.769. The average Bonchev–Trinajstić information content (AvgIpc) is 2.43. The molecule has 0 spiro atoms. The summed E-state index contributed by atoms with van der Waals surface area (Å²) in [5.74, 6) is 2.22. The summed E-state index contributed by atoms with van der Waals surface area (Å²) >= 11 is 0. The lowest BCUT2D eigenvalue weighted by Crippen LogP contribution is -2.23. The van der Waals surface area contributed by atoms with Crippen LogP contribution in [0.25, 0.3) is 0 Å². The zero-order valence-corrected chi connectivity index (χ0v) is 17.2. The molecule has 0 aromatic heterocycles. The Balaban J connectivity index is 3.53. The van der Waals surface area contributed by atoms with E-state index in [0.717, 1.165) is 50.0 Å². The first-order valence-electron chi connectivity index (χ1n) is 7.49. The maximum atomic E-state index is 5.65. The van der Waals surface area contributed by atoms with Gasteiger partial charge in [0.25, 0.3) is 0 Å². The molecule has 0 aromatic carbocycles. The predicted octanol–water partition coefficient (Wildman–Crippen LogP) is 2.95. The lowest BCUT2D eigenvalue weighted by atomic mass is 10.9. The van der Waals surface area contributed by atoms with Gasteiger partial charge in [-0.2, -0.15) is 0 Å². The molecule has 0 bridgehead atoms. The Morgan fingerprint density at radius 3 is 1.15 bits per heavy atom. The Morgan fingerprint density at radius 1 is 0.600 bits per heavy atom. The van der Waals surface area contributed by atoms with E-state index in [1.807, 2.05) is 49.3 Å². The SMILES string of the molecule is CCO[SiH](CCSSCC[SiH](OCC)OCC)OCC. The van der Waals surface area contributed by atoms with Gasteiger partial charge >= 0.3 is 18.6 Å². The molecule has 122 valence electrons. The molecule has 0 saturated heterocycles. The van der Waals surface area contributed by atoms with Crippen LogP contribution < -0.4 is 0 Å². The monoisotopic (exact) mass is 358 g/mol. The normalized spacial score (nSPS) is 11.7. The van der Waals surface area contributed by atoms with Crippen molar-refractivity contribution in [2.75, 3.05) is 37.9 Å². The van der Waals surface area contributed by atoms with Crippen molar-refractivity contribution < 1.29 is 17.7 Å². The van der Waals surface area contributed by atoms with Crippen LogP contribution in [-0.4, -0.2) is 56.5 Å². The molecule has 0 aliphatic carbocycles. The van der Waals surface area contributed by atoms with Crippen molar-refractivity contribution in [3.05, 3.63) is 0 Å². The molecule has 0 radical (unpaired) electrons. The van der Waals surface area contributed by atoms with E-state index in [0.29, 0.717) is 0 Å². The van der Waals surface area contributed by atoms with Crippen molar-refractivity contribution >= 4 is 40.2 Å². The van der Waals surface area contributed by atoms with E-state index >= 15 is 0 Å². The van der Waals surface area contributed by atoms with Gasteiger partial charge < -0.3 is 17.7 Å². The fourth-order valence-corrected chi connectivity index (χ4v) is 8.91. The highest BCUT2D eigenvalue weighted by Gasteiger charge is 2.13. The molecule has 0 N–H and O–H groups in total. The highest BCUT2D eigenvalue weighted by atomic mass is 33.1. The predicted molar refractivity (Wildman–Crippen MR) is 95.3 cm³/mol. The number of hydrogen-bond donors (Lipinski definition) is 0. The molecule has 0 aliphatic heterocycles. The largest absolute Gasteiger partial charge is 0.397 e. The first-order valence-corrected chi connectivity index (χ1v) is 13.5. The molecule has 20 heavy (non-hydrogen) atoms. The molecule has 4 nitrogen and oxygen atoms in total. The quantitative estimate of drug-likeness (QED) is 0.254. The number of hydrogen-bond acceptors (Lipinski definition) is 6. The molecule has 0 amide bonds. The lowest BCUT2D eigenvalue weighted by Gasteiger charge is -2.15. The molecule has 8 heteroatoms. The Hall–Kier alpha value is 0.974. The van der Waals surface area contributed by atoms with Crippen LogP contribution in [0.2, 0.25) is 12.1 Å². The van der Waals surface area contributed by atoms with Crippen LogP contribution in [-0.2, 0) is 17.7 Å². The van der Waals surface area contributed by atoms with Gasteiger partial charge in [0.1, 0.15) is 0 Å². The van der Waals surface area contributed by atoms with E-state index in [2.05, 4.69) is 0 Å². The first kappa shape index (κ1) is 21.0. The first-order chi connectivity index (χ1) is 9.78. The topological polar surface area (TPSA) is 36.9 Å². The van der Waals surface area contributed by atoms with Crippen LogP contribution in [0, 0.1) is 0 Å². The molecular weight excluding hydrogens is 328 g/mol. The fourth-order valence-electron chi connectivity index (χ4n) is 1.58. The summed E-state index contributed by atoms with van der Waals surface area (Å²) in [6.45, 7) is 11.2. The summed E-state index contributed by atoms with van der Waals surface area (Å²) in [4.78, 5) is 0. The van der Waals surface area contributed by atoms with Gasteiger partial charge in [-0.1, -0.05) is 21.6 Å². The average molecular weight is 359 g/mol. The summed E-state index contributed by atoms with van der Waals surface area (Å²) in [6.07, 6.45) is 0. The molecule has 0 aliphatic rings. The second kappa shape index (κ2) is 16.3. The molecule has 0 heterocycles. The van der Waals surface area contributed by atoms with Crippen LogP contribution in [0.15, 0.2) is 0 Å². The Morgan fingerprint density at radius 2 is 0.900 bits per heavy atom. The second-order valence-corrected chi connectivity index (χ2v) is 10.8. The van der Waals surface area contributed by atoms with Crippen LogP contribution in [0.5, 0.6) is 0 Å². The third-order valence-electron chi connectivity index (χ3n) is 2.37. The van der Waals surface area contributed by atoms with Gasteiger partial charge in [0.2, 0.25) is 0 Å². The van der Waals surface area contributed by atoms with Gasteiger partial charge in [0, 0.05) is 37.9 Å². The van der Waals surface area contributed by atoms with Gasteiger partial charge in [0.05, 0.1) is 0 Å². The zero-order valence-electron chi connectivity index (χ0n) is 13.3. The minimum Gasteiger partial charge on any atom is -0.397 e. The smallest absolute Gasteiger partial charge is 0.322 e. The molecule has 0 aromatic rings. The van der Waals surface area contributed by atoms with E-state index < -0.39 is 18.6 Å². The van der Waals surface area contributed by atoms with Crippen molar-refractivity contribution in [3.63, 3.8) is 0 Å². The van der Waals surface area contributed by atoms with Gasteiger partial charge in [0.15, 0.2) is 0 Å². The van der Waals surface area contributed by atoms with Gasteiger partial charge in [-0.15, -0.1) is 0 Å². The van der Waals surface area contributed by atoms with E-state index in [9.17, 15) is 0 Å². The fraction of sp³-hybridized carbons (Fsp3) is 1.00. The summed E-state index contributed by atoms with van der Waals surface area (Å²) in [5, 5.41) is 0. The standard InChI is InChI=1S/C12H30O4S2Si2/c1-5-13-19(14-6-2)11-9-17-18-10-12-20(15-7-3)16-8-4/h19-20H,5-12H2,1-4H3. The summed E-state index contributed by atoms with van der Waals surface area (Å²) in [6, 6.07) is 2.16. The van der Waals surface area contributed by atoms with Crippen molar-refractivity contribution in [1.82, 2.24) is 0 Å². The molecular formula is C12H30O4S2Si2. The van der Waals surface area contributed by atoms with Gasteiger partial charge in [-0.3, -0.25) is 0 Å². The van der Waals surface area contributed by atoms with Crippen LogP contribution in [0.3, 0.4) is 0 Å². The van der Waals surface area contributed by atoms with Crippen LogP contribution in [0.1, 0.15) is 27.7 Å². The molecule has 0 rings (SSSR count). The van der Waals surface area contributed by atoms with E-state index in [1.54, 1.807) is 0 Å². The van der Waals surface area contributed by atoms with Crippen molar-refractivity contribution in [3.8, 4) is 0 Å². The summed E-state index contributed by atoms with van der Waals surface area (Å²) < 4.78 is 22.6. The summed E-state index contributed by atoms with van der Waals surface area (Å²) in [7, 11) is 1.02. The third-order valence-corrected chi connectivity index (χ3v) is 10.0. The maximum absolute atomic E-state index is 5.65. The molecule has 0 unspecified atom stereocenters. The van der Waals surface area contributed by atoms with E-state index in [-0.39, 0.29) is 0 Å². The zero-order chi connectivity index (χ0) is 15.1. The Kier molecular flexibility index (Phi) is 17.1. The minimum atomic E-state index is -1.40.